The molecule has 20 heavy (non-hydrogen) atoms. The normalized spacial score (nSPS) is 10.8. The highest BCUT2D eigenvalue weighted by Crippen LogP contribution is 2.33. The molecular formula is C13H15Cl2N3O2. The van der Waals surface area contributed by atoms with E-state index in [4.69, 9.17) is 38.1 Å². The van der Waals surface area contributed by atoms with Crippen molar-refractivity contribution in [3.63, 3.8) is 0 Å². The number of halogens is 2. The first-order chi connectivity index (χ1) is 9.63. The van der Waals surface area contributed by atoms with Gasteiger partial charge < -0.3 is 14.9 Å². The van der Waals surface area contributed by atoms with Gasteiger partial charge in [-0.1, -0.05) is 30.1 Å². The second-order valence-electron chi connectivity index (χ2n) is 4.15. The summed E-state index contributed by atoms with van der Waals surface area (Å²) in [4.78, 5) is 0. The molecule has 0 atom stereocenters. The Morgan fingerprint density at radius 3 is 2.65 bits per heavy atom. The van der Waals surface area contributed by atoms with E-state index in [-0.39, 0.29) is 6.61 Å². The maximum absolute atomic E-state index is 6.15. The number of nitrogens with two attached hydrogens (primary N) is 1. The third-order valence-electron chi connectivity index (χ3n) is 2.65. The Balaban J connectivity index is 2.15. The zero-order valence-electron chi connectivity index (χ0n) is 11.0. The van der Waals surface area contributed by atoms with Crippen LogP contribution in [0.25, 0.3) is 0 Å². The molecule has 0 unspecified atom stereocenters. The van der Waals surface area contributed by atoms with Gasteiger partial charge in [-0.05, 0) is 30.7 Å². The molecule has 0 radical (unpaired) electrons. The van der Waals surface area contributed by atoms with Gasteiger partial charge in [-0.15, -0.1) is 10.2 Å². The van der Waals surface area contributed by atoms with Gasteiger partial charge in [0.05, 0.1) is 5.02 Å². The lowest BCUT2D eigenvalue weighted by Crippen LogP contribution is -2.06. The van der Waals surface area contributed by atoms with E-state index in [1.807, 2.05) is 6.92 Å². The maximum atomic E-state index is 6.15. The van der Waals surface area contributed by atoms with Gasteiger partial charge >= 0.3 is 0 Å². The zero-order chi connectivity index (χ0) is 14.5. The van der Waals surface area contributed by atoms with E-state index in [1.54, 1.807) is 12.1 Å². The first kappa shape index (κ1) is 15.1. The third kappa shape index (κ3) is 3.62. The Morgan fingerprint density at radius 2 is 2.00 bits per heavy atom. The van der Waals surface area contributed by atoms with Crippen molar-refractivity contribution in [2.45, 2.75) is 26.4 Å². The van der Waals surface area contributed by atoms with Gasteiger partial charge in [-0.25, -0.2) is 0 Å². The number of benzene rings is 1. The molecule has 1 heterocycles. The molecular weight excluding hydrogens is 301 g/mol. The number of aromatic nitrogens is 2. The quantitative estimate of drug-likeness (QED) is 0.886. The Labute approximate surface area is 127 Å². The zero-order valence-corrected chi connectivity index (χ0v) is 12.5. The molecule has 0 aliphatic rings. The molecule has 2 aromatic rings. The summed E-state index contributed by atoms with van der Waals surface area (Å²) >= 11 is 12.1. The van der Waals surface area contributed by atoms with E-state index >= 15 is 0 Å². The van der Waals surface area contributed by atoms with Crippen LogP contribution in [0.1, 0.15) is 24.3 Å². The molecule has 0 aliphatic carbocycles. The lowest BCUT2D eigenvalue weighted by molar-refractivity contribution is 0.257. The summed E-state index contributed by atoms with van der Waals surface area (Å²) in [6.45, 7) is 2.58. The number of hydrogen-bond donors (Lipinski definition) is 1. The van der Waals surface area contributed by atoms with E-state index < -0.39 is 0 Å². The predicted molar refractivity (Wildman–Crippen MR) is 77.2 cm³/mol. The minimum absolute atomic E-state index is 0.159. The minimum atomic E-state index is 0.159. The van der Waals surface area contributed by atoms with Crippen LogP contribution >= 0.6 is 23.2 Å². The van der Waals surface area contributed by atoms with Crippen molar-refractivity contribution in [1.29, 1.82) is 0 Å². The number of aryl methyl sites for hydroxylation is 1. The summed E-state index contributed by atoms with van der Waals surface area (Å²) in [5.74, 6) is 1.54. The fourth-order valence-electron chi connectivity index (χ4n) is 1.74. The summed E-state index contributed by atoms with van der Waals surface area (Å²) in [6.07, 6.45) is 1.31. The third-order valence-corrected chi connectivity index (χ3v) is 3.15. The molecule has 0 bridgehead atoms. The SMILES string of the molecule is CCc1nnc(COc2c(Cl)cc(Cl)cc2CCN)o1. The van der Waals surface area contributed by atoms with Crippen molar-refractivity contribution in [2.75, 3.05) is 6.54 Å². The van der Waals surface area contributed by atoms with Crippen LogP contribution in [0.4, 0.5) is 0 Å². The van der Waals surface area contributed by atoms with Crippen molar-refractivity contribution < 1.29 is 9.15 Å². The van der Waals surface area contributed by atoms with Crippen LogP contribution in [0.15, 0.2) is 16.5 Å². The Kier molecular flexibility index (Phi) is 5.23. The first-order valence-electron chi connectivity index (χ1n) is 6.26. The minimum Gasteiger partial charge on any atom is -0.482 e. The number of hydrogen-bond acceptors (Lipinski definition) is 5. The van der Waals surface area contributed by atoms with Gasteiger partial charge in [0.1, 0.15) is 5.75 Å². The number of ether oxygens (including phenoxy) is 1. The lowest BCUT2D eigenvalue weighted by Gasteiger charge is -2.12. The molecule has 0 aliphatic heterocycles. The van der Waals surface area contributed by atoms with Gasteiger partial charge in [0.15, 0.2) is 6.61 Å². The van der Waals surface area contributed by atoms with Crippen molar-refractivity contribution in [3.05, 3.63) is 39.5 Å². The van der Waals surface area contributed by atoms with Crippen molar-refractivity contribution >= 4 is 23.2 Å². The van der Waals surface area contributed by atoms with E-state index in [0.717, 1.165) is 5.56 Å². The molecule has 0 saturated carbocycles. The molecule has 0 fully saturated rings. The van der Waals surface area contributed by atoms with Crippen LogP contribution < -0.4 is 10.5 Å². The van der Waals surface area contributed by atoms with Crippen LogP contribution in [-0.2, 0) is 19.4 Å². The van der Waals surface area contributed by atoms with Gasteiger partial charge in [-0.3, -0.25) is 0 Å². The molecule has 1 aromatic heterocycles. The molecule has 5 nitrogen and oxygen atoms in total. The second kappa shape index (κ2) is 6.92. The highest BCUT2D eigenvalue weighted by atomic mass is 35.5. The molecule has 0 spiro atoms. The van der Waals surface area contributed by atoms with Crippen molar-refractivity contribution in [1.82, 2.24) is 10.2 Å². The van der Waals surface area contributed by atoms with Gasteiger partial charge in [-0.2, -0.15) is 0 Å². The Morgan fingerprint density at radius 1 is 1.25 bits per heavy atom. The summed E-state index contributed by atoms with van der Waals surface area (Å²) < 4.78 is 11.1. The molecule has 7 heteroatoms. The maximum Gasteiger partial charge on any atom is 0.253 e. The first-order valence-corrected chi connectivity index (χ1v) is 7.01. The fourth-order valence-corrected chi connectivity index (χ4v) is 2.33. The monoisotopic (exact) mass is 315 g/mol. The molecule has 0 saturated heterocycles. The summed E-state index contributed by atoms with van der Waals surface area (Å²) in [5, 5.41) is 8.75. The molecule has 2 N–H and O–H groups in total. The molecule has 0 amide bonds. The van der Waals surface area contributed by atoms with E-state index in [9.17, 15) is 0 Å². The van der Waals surface area contributed by atoms with Crippen LogP contribution in [0.2, 0.25) is 10.0 Å². The average molecular weight is 316 g/mol. The fraction of sp³-hybridized carbons (Fsp3) is 0.385. The lowest BCUT2D eigenvalue weighted by atomic mass is 10.1. The summed E-state index contributed by atoms with van der Waals surface area (Å²) in [5.41, 5.74) is 6.44. The summed E-state index contributed by atoms with van der Waals surface area (Å²) in [7, 11) is 0. The average Bonchev–Trinajstić information content (AvgIpc) is 2.86. The molecule has 108 valence electrons. The second-order valence-corrected chi connectivity index (χ2v) is 4.99. The predicted octanol–water partition coefficient (Wildman–Crippen LogP) is 3.02. The van der Waals surface area contributed by atoms with Crippen LogP contribution in [0, 0.1) is 0 Å². The highest BCUT2D eigenvalue weighted by molar-refractivity contribution is 6.35. The van der Waals surface area contributed by atoms with E-state index in [1.165, 1.54) is 0 Å². The molecule has 1 aromatic carbocycles. The van der Waals surface area contributed by atoms with Crippen LogP contribution in [0.3, 0.4) is 0 Å². The van der Waals surface area contributed by atoms with E-state index in [0.29, 0.717) is 47.0 Å². The molecule has 2 rings (SSSR count). The van der Waals surface area contributed by atoms with Crippen molar-refractivity contribution in [2.24, 2.45) is 5.73 Å². The van der Waals surface area contributed by atoms with Gasteiger partial charge in [0.2, 0.25) is 5.89 Å². The smallest absolute Gasteiger partial charge is 0.253 e. The van der Waals surface area contributed by atoms with Gasteiger partial charge in [0.25, 0.3) is 5.89 Å². The summed E-state index contributed by atoms with van der Waals surface area (Å²) in [6, 6.07) is 3.42. The highest BCUT2D eigenvalue weighted by Gasteiger charge is 2.12. The standard InChI is InChI=1S/C13H15Cl2N3O2/c1-2-11-17-18-12(20-11)7-19-13-8(3-4-16)5-9(14)6-10(13)15/h5-6H,2-4,7,16H2,1H3. The number of nitrogens with zero attached hydrogens (tertiary/aromatic N) is 2. The van der Waals surface area contributed by atoms with Gasteiger partial charge in [0, 0.05) is 11.4 Å². The van der Waals surface area contributed by atoms with Crippen molar-refractivity contribution in [3.8, 4) is 5.75 Å². The largest absolute Gasteiger partial charge is 0.482 e. The topological polar surface area (TPSA) is 74.2 Å². The van der Waals surface area contributed by atoms with Crippen LogP contribution in [0.5, 0.6) is 5.75 Å². The Hall–Kier alpha value is -1.30. The van der Waals surface area contributed by atoms with Crippen LogP contribution in [-0.4, -0.2) is 16.7 Å². The van der Waals surface area contributed by atoms with E-state index in [2.05, 4.69) is 10.2 Å². The Bertz CT molecular complexity index is 587. The number of rotatable bonds is 6.